The lowest BCUT2D eigenvalue weighted by Gasteiger charge is -2.38. The van der Waals surface area contributed by atoms with Crippen molar-refractivity contribution in [3.05, 3.63) is 36.7 Å². The summed E-state index contributed by atoms with van der Waals surface area (Å²) in [5, 5.41) is 0. The molecule has 2 aliphatic heterocycles. The van der Waals surface area contributed by atoms with Crippen LogP contribution in [0.2, 0.25) is 0 Å². The molecule has 150 valence electrons. The molecule has 2 aliphatic rings. The molecule has 7 heteroatoms. The molecule has 0 radical (unpaired) electrons. The van der Waals surface area contributed by atoms with E-state index in [1.54, 1.807) is 6.33 Å². The van der Waals surface area contributed by atoms with Gasteiger partial charge < -0.3 is 25.3 Å². The van der Waals surface area contributed by atoms with Crippen LogP contribution in [0.4, 0.5) is 23.0 Å². The van der Waals surface area contributed by atoms with E-state index < -0.39 is 0 Å². The number of piperidine rings is 1. The summed E-state index contributed by atoms with van der Waals surface area (Å²) >= 11 is 0. The van der Waals surface area contributed by atoms with Crippen LogP contribution in [0.5, 0.6) is 0 Å². The van der Waals surface area contributed by atoms with Crippen LogP contribution in [0.1, 0.15) is 12.8 Å². The number of hydrogen-bond donors (Lipinski definition) is 1. The summed E-state index contributed by atoms with van der Waals surface area (Å²) in [6.07, 6.45) is 3.94. The van der Waals surface area contributed by atoms with Gasteiger partial charge >= 0.3 is 0 Å². The summed E-state index contributed by atoms with van der Waals surface area (Å²) in [6, 6.07) is 11.1. The van der Waals surface area contributed by atoms with Gasteiger partial charge in [-0.1, -0.05) is 18.2 Å². The van der Waals surface area contributed by atoms with Gasteiger partial charge in [0.25, 0.3) is 0 Å². The summed E-state index contributed by atoms with van der Waals surface area (Å²) in [6.45, 7) is 5.99. The van der Waals surface area contributed by atoms with Crippen molar-refractivity contribution >= 4 is 23.0 Å². The van der Waals surface area contributed by atoms with E-state index >= 15 is 0 Å². The van der Waals surface area contributed by atoms with E-state index in [1.165, 1.54) is 5.69 Å². The molecule has 2 fully saturated rings. The molecule has 2 aromatic rings. The molecule has 0 unspecified atom stereocenters. The van der Waals surface area contributed by atoms with E-state index in [9.17, 15) is 0 Å². The first-order valence-electron chi connectivity index (χ1n) is 10.2. The van der Waals surface area contributed by atoms with Crippen LogP contribution in [0, 0.1) is 0 Å². The highest BCUT2D eigenvalue weighted by Gasteiger charge is 2.26. The molecule has 7 nitrogen and oxygen atoms in total. The van der Waals surface area contributed by atoms with E-state index in [1.807, 2.05) is 0 Å². The summed E-state index contributed by atoms with van der Waals surface area (Å²) in [7, 11) is 4.30. The molecule has 0 saturated carbocycles. The van der Waals surface area contributed by atoms with Crippen LogP contribution in [-0.4, -0.2) is 74.3 Å². The Balaban J connectivity index is 1.45. The van der Waals surface area contributed by atoms with Gasteiger partial charge in [-0.3, -0.25) is 0 Å². The fraction of sp³-hybridized carbons (Fsp3) is 0.524. The van der Waals surface area contributed by atoms with Crippen molar-refractivity contribution in [2.24, 2.45) is 0 Å². The molecule has 0 bridgehead atoms. The molecule has 3 heterocycles. The number of hydrogen-bond acceptors (Lipinski definition) is 7. The van der Waals surface area contributed by atoms with E-state index in [-0.39, 0.29) is 0 Å². The molecule has 0 aliphatic carbocycles. The van der Waals surface area contributed by atoms with Crippen LogP contribution in [0.25, 0.3) is 0 Å². The zero-order chi connectivity index (χ0) is 19.5. The Morgan fingerprint density at radius 1 is 0.929 bits per heavy atom. The average Bonchev–Trinajstić information content (AvgIpc) is 2.75. The van der Waals surface area contributed by atoms with Crippen molar-refractivity contribution in [1.82, 2.24) is 14.9 Å². The number of likely N-dealkylation sites (tertiary alicyclic amines) is 1. The number of piperazine rings is 1. The molecule has 0 atom stereocenters. The van der Waals surface area contributed by atoms with Crippen molar-refractivity contribution in [3.63, 3.8) is 0 Å². The highest BCUT2D eigenvalue weighted by atomic mass is 15.3. The number of nitrogens with zero attached hydrogens (tertiary/aromatic N) is 6. The first-order valence-corrected chi connectivity index (χ1v) is 10.2. The lowest BCUT2D eigenvalue weighted by atomic mass is 10.0. The fourth-order valence-electron chi connectivity index (χ4n) is 4.28. The zero-order valence-electron chi connectivity index (χ0n) is 17.0. The summed E-state index contributed by atoms with van der Waals surface area (Å²) in [4.78, 5) is 18.4. The minimum Gasteiger partial charge on any atom is -0.393 e. The predicted molar refractivity (Wildman–Crippen MR) is 116 cm³/mol. The Morgan fingerprint density at radius 2 is 1.57 bits per heavy atom. The second-order valence-corrected chi connectivity index (χ2v) is 7.89. The fourth-order valence-corrected chi connectivity index (χ4v) is 4.28. The molecule has 1 aromatic heterocycles. The van der Waals surface area contributed by atoms with Gasteiger partial charge in [-0.05, 0) is 45.1 Å². The molecule has 1 aromatic carbocycles. The summed E-state index contributed by atoms with van der Waals surface area (Å²) < 4.78 is 0. The molecular weight excluding hydrogens is 350 g/mol. The van der Waals surface area contributed by atoms with E-state index in [0.717, 1.165) is 63.7 Å². The van der Waals surface area contributed by atoms with Crippen molar-refractivity contribution in [2.45, 2.75) is 18.9 Å². The minimum absolute atomic E-state index is 0.483. The van der Waals surface area contributed by atoms with Crippen LogP contribution in [0.15, 0.2) is 36.7 Å². The molecule has 4 rings (SSSR count). The largest absolute Gasteiger partial charge is 0.393 e. The van der Waals surface area contributed by atoms with Crippen molar-refractivity contribution in [3.8, 4) is 0 Å². The number of nitrogen functional groups attached to an aromatic ring is 1. The van der Waals surface area contributed by atoms with E-state index in [4.69, 9.17) is 5.73 Å². The van der Waals surface area contributed by atoms with Gasteiger partial charge in [-0.25, -0.2) is 9.97 Å². The second-order valence-electron chi connectivity index (χ2n) is 7.89. The van der Waals surface area contributed by atoms with Crippen molar-refractivity contribution in [2.75, 3.05) is 73.8 Å². The number of rotatable bonds is 4. The average molecular weight is 382 g/mol. The van der Waals surface area contributed by atoms with Crippen LogP contribution >= 0.6 is 0 Å². The highest BCUT2D eigenvalue weighted by molar-refractivity contribution is 5.76. The third-order valence-corrected chi connectivity index (χ3v) is 6.11. The Kier molecular flexibility index (Phi) is 5.52. The first-order chi connectivity index (χ1) is 13.6. The van der Waals surface area contributed by atoms with Gasteiger partial charge in [0.05, 0.1) is 0 Å². The minimum atomic E-state index is 0.483. The molecular formula is C21H31N7. The number of benzene rings is 1. The standard InChI is InChI=1S/C21H31N7/c1-25-10-8-17(9-11-25)26(2)20-19(22)21(24-16-23-20)28-14-12-27(13-15-28)18-6-4-3-5-7-18/h3-7,16-17H,8-15,22H2,1-2H3. The number of nitrogens with two attached hydrogens (primary N) is 1. The SMILES string of the molecule is CN1CCC(N(C)c2ncnc(N3CCN(c4ccccc4)CC3)c2N)CC1. The third-order valence-electron chi connectivity index (χ3n) is 6.11. The molecule has 2 saturated heterocycles. The highest BCUT2D eigenvalue weighted by Crippen LogP contribution is 2.32. The predicted octanol–water partition coefficient (Wildman–Crippen LogP) is 1.92. The number of aromatic nitrogens is 2. The summed E-state index contributed by atoms with van der Waals surface area (Å²) in [5.41, 5.74) is 8.55. The van der Waals surface area contributed by atoms with E-state index in [0.29, 0.717) is 11.7 Å². The van der Waals surface area contributed by atoms with Crippen LogP contribution in [0.3, 0.4) is 0 Å². The normalized spacial score (nSPS) is 19.1. The molecule has 0 spiro atoms. The maximum atomic E-state index is 6.56. The van der Waals surface area contributed by atoms with Crippen molar-refractivity contribution < 1.29 is 0 Å². The van der Waals surface area contributed by atoms with Gasteiger partial charge in [0.15, 0.2) is 11.6 Å². The van der Waals surface area contributed by atoms with Gasteiger partial charge in [0.2, 0.25) is 0 Å². The van der Waals surface area contributed by atoms with Crippen molar-refractivity contribution in [1.29, 1.82) is 0 Å². The number of anilines is 4. The monoisotopic (exact) mass is 381 g/mol. The van der Waals surface area contributed by atoms with Gasteiger partial charge in [0, 0.05) is 45.0 Å². The first kappa shape index (κ1) is 18.8. The molecule has 2 N–H and O–H groups in total. The Labute approximate surface area is 167 Å². The van der Waals surface area contributed by atoms with Crippen LogP contribution < -0.4 is 20.4 Å². The summed E-state index contributed by atoms with van der Waals surface area (Å²) in [5.74, 6) is 1.74. The Bertz CT molecular complexity index is 766. The van der Waals surface area contributed by atoms with Gasteiger partial charge in [-0.2, -0.15) is 0 Å². The Morgan fingerprint density at radius 3 is 2.25 bits per heavy atom. The lowest BCUT2D eigenvalue weighted by Crippen LogP contribution is -2.47. The van der Waals surface area contributed by atoms with Crippen LogP contribution in [-0.2, 0) is 0 Å². The zero-order valence-corrected chi connectivity index (χ0v) is 17.0. The molecule has 0 amide bonds. The quantitative estimate of drug-likeness (QED) is 0.868. The third kappa shape index (κ3) is 3.85. The second kappa shape index (κ2) is 8.22. The van der Waals surface area contributed by atoms with E-state index in [2.05, 4.69) is 74.0 Å². The lowest BCUT2D eigenvalue weighted by molar-refractivity contribution is 0.252. The molecule has 28 heavy (non-hydrogen) atoms. The maximum absolute atomic E-state index is 6.56. The topological polar surface area (TPSA) is 64.8 Å². The number of para-hydroxylation sites is 1. The Hall–Kier alpha value is -2.54. The smallest absolute Gasteiger partial charge is 0.157 e. The maximum Gasteiger partial charge on any atom is 0.157 e. The van der Waals surface area contributed by atoms with Gasteiger partial charge in [0.1, 0.15) is 12.0 Å². The van der Waals surface area contributed by atoms with Gasteiger partial charge in [-0.15, -0.1) is 0 Å².